The first-order chi connectivity index (χ1) is 15.4. The van der Waals surface area contributed by atoms with Crippen molar-refractivity contribution in [3.05, 3.63) is 50.2 Å². The van der Waals surface area contributed by atoms with Gasteiger partial charge in [-0.15, -0.1) is 0 Å². The summed E-state index contributed by atoms with van der Waals surface area (Å²) in [5.41, 5.74) is 2.02. The maximum atomic E-state index is 13.4. The van der Waals surface area contributed by atoms with Gasteiger partial charge in [-0.1, -0.05) is 38.3 Å². The van der Waals surface area contributed by atoms with Crippen LogP contribution in [0.25, 0.3) is 11.2 Å². The monoisotopic (exact) mass is 439 g/mol. The molecular weight excluding hydrogens is 406 g/mol. The van der Waals surface area contributed by atoms with Crippen molar-refractivity contribution in [3.8, 4) is 5.75 Å². The van der Waals surface area contributed by atoms with Crippen LogP contribution in [0.5, 0.6) is 5.75 Å². The molecule has 1 aromatic carbocycles. The van der Waals surface area contributed by atoms with Crippen molar-refractivity contribution in [3.63, 3.8) is 0 Å². The number of benzene rings is 1. The summed E-state index contributed by atoms with van der Waals surface area (Å²) in [7, 11) is 0. The van der Waals surface area contributed by atoms with Gasteiger partial charge >= 0.3 is 5.69 Å². The topological polar surface area (TPSA) is 94.1 Å². The van der Waals surface area contributed by atoms with E-state index in [1.807, 2.05) is 37.5 Å². The first-order valence-corrected chi connectivity index (χ1v) is 11.7. The molecule has 1 saturated carbocycles. The van der Waals surface area contributed by atoms with Gasteiger partial charge in [0.2, 0.25) is 5.95 Å². The summed E-state index contributed by atoms with van der Waals surface area (Å²) in [4.78, 5) is 31.2. The molecule has 2 aromatic heterocycles. The van der Waals surface area contributed by atoms with Gasteiger partial charge in [0.25, 0.3) is 5.56 Å². The van der Waals surface area contributed by atoms with Crippen LogP contribution in [0, 0.1) is 6.92 Å². The fraction of sp³-hybridized carbons (Fsp3) is 0.542. The lowest BCUT2D eigenvalue weighted by atomic mass is 9.96. The fourth-order valence-electron chi connectivity index (χ4n) is 4.69. The Labute approximate surface area is 187 Å². The molecule has 4 rings (SSSR count). The lowest BCUT2D eigenvalue weighted by molar-refractivity contribution is 0.459. The molecule has 0 amide bonds. The van der Waals surface area contributed by atoms with Crippen molar-refractivity contribution in [2.24, 2.45) is 0 Å². The van der Waals surface area contributed by atoms with Crippen LogP contribution in [0.4, 0.5) is 5.95 Å². The Morgan fingerprint density at radius 1 is 1.09 bits per heavy atom. The Bertz CT molecular complexity index is 1230. The first-order valence-electron chi connectivity index (χ1n) is 11.7. The minimum absolute atomic E-state index is 0.245. The number of hydrogen-bond donors (Lipinski definition) is 2. The lowest BCUT2D eigenvalue weighted by Gasteiger charge is -2.23. The number of fused-ring (bicyclic) bond motifs is 1. The van der Waals surface area contributed by atoms with E-state index in [-0.39, 0.29) is 17.0 Å². The second-order valence-corrected chi connectivity index (χ2v) is 8.78. The number of phenolic OH excluding ortho intramolecular Hbond substituents is 1. The number of aryl methyl sites for hydroxylation is 2. The van der Waals surface area contributed by atoms with Crippen molar-refractivity contribution in [2.45, 2.75) is 85.0 Å². The summed E-state index contributed by atoms with van der Waals surface area (Å²) in [5, 5.41) is 13.5. The highest BCUT2D eigenvalue weighted by atomic mass is 16.3. The Morgan fingerprint density at radius 2 is 1.84 bits per heavy atom. The molecule has 0 atom stereocenters. The molecule has 8 nitrogen and oxygen atoms in total. The number of aromatic hydroxyl groups is 1. The molecule has 1 fully saturated rings. The Hall–Kier alpha value is -3.03. The zero-order valence-corrected chi connectivity index (χ0v) is 19.2. The minimum Gasteiger partial charge on any atom is -0.508 e. The molecule has 2 N–H and O–H groups in total. The van der Waals surface area contributed by atoms with Crippen LogP contribution < -0.4 is 16.6 Å². The molecule has 0 saturated heterocycles. The molecule has 0 unspecified atom stereocenters. The Morgan fingerprint density at radius 3 is 2.50 bits per heavy atom. The van der Waals surface area contributed by atoms with E-state index in [9.17, 15) is 14.7 Å². The van der Waals surface area contributed by atoms with Crippen molar-refractivity contribution in [2.75, 3.05) is 5.32 Å². The number of nitrogens with zero attached hydrogens (tertiary/aromatic N) is 4. The average Bonchev–Trinajstić information content (AvgIpc) is 3.12. The van der Waals surface area contributed by atoms with E-state index in [0.29, 0.717) is 42.8 Å². The third-order valence-corrected chi connectivity index (χ3v) is 6.42. The van der Waals surface area contributed by atoms with E-state index in [2.05, 4.69) is 5.32 Å². The minimum atomic E-state index is -0.306. The molecule has 32 heavy (non-hydrogen) atoms. The van der Waals surface area contributed by atoms with E-state index in [0.717, 1.165) is 30.4 Å². The second kappa shape index (κ2) is 9.22. The Balaban J connectivity index is 1.92. The fourth-order valence-corrected chi connectivity index (χ4v) is 4.69. The number of rotatable bonds is 7. The Kier molecular flexibility index (Phi) is 6.39. The first kappa shape index (κ1) is 22.2. The van der Waals surface area contributed by atoms with Gasteiger partial charge < -0.3 is 10.4 Å². The zero-order chi connectivity index (χ0) is 22.8. The van der Waals surface area contributed by atoms with Gasteiger partial charge in [-0.2, -0.15) is 4.98 Å². The van der Waals surface area contributed by atoms with E-state index in [4.69, 9.17) is 4.98 Å². The molecule has 3 aromatic rings. The number of hydrogen-bond acceptors (Lipinski definition) is 5. The SMILES string of the molecule is CCCn1c(=O)n(CC)c(=O)c2c1nc(NC1CCCCC1)n2Cc1ccc(O)c(C)c1. The van der Waals surface area contributed by atoms with Gasteiger partial charge in [0.05, 0.1) is 6.54 Å². The third kappa shape index (κ3) is 4.06. The van der Waals surface area contributed by atoms with Crippen molar-refractivity contribution < 1.29 is 5.11 Å². The van der Waals surface area contributed by atoms with E-state index in [1.54, 1.807) is 10.6 Å². The van der Waals surface area contributed by atoms with Crippen LogP contribution in [0.15, 0.2) is 27.8 Å². The molecule has 172 valence electrons. The molecule has 1 aliphatic carbocycles. The second-order valence-electron chi connectivity index (χ2n) is 8.78. The van der Waals surface area contributed by atoms with Gasteiger partial charge in [0.15, 0.2) is 11.2 Å². The predicted octanol–water partition coefficient (Wildman–Crippen LogP) is 3.60. The van der Waals surface area contributed by atoms with E-state index in [1.165, 1.54) is 23.8 Å². The number of phenols is 1. The van der Waals surface area contributed by atoms with Crippen LogP contribution in [-0.4, -0.2) is 29.8 Å². The number of imidazole rings is 1. The van der Waals surface area contributed by atoms with Crippen LogP contribution in [0.2, 0.25) is 0 Å². The van der Waals surface area contributed by atoms with Crippen LogP contribution in [-0.2, 0) is 19.6 Å². The maximum absolute atomic E-state index is 13.4. The summed E-state index contributed by atoms with van der Waals surface area (Å²) < 4.78 is 4.84. The zero-order valence-electron chi connectivity index (χ0n) is 19.2. The highest BCUT2D eigenvalue weighted by Crippen LogP contribution is 2.25. The van der Waals surface area contributed by atoms with Gasteiger partial charge in [0.1, 0.15) is 5.75 Å². The molecule has 0 radical (unpaired) electrons. The number of aromatic nitrogens is 4. The largest absolute Gasteiger partial charge is 0.508 e. The van der Waals surface area contributed by atoms with Crippen molar-refractivity contribution >= 4 is 17.1 Å². The van der Waals surface area contributed by atoms with Gasteiger partial charge in [-0.3, -0.25) is 18.5 Å². The number of anilines is 1. The van der Waals surface area contributed by atoms with E-state index < -0.39 is 0 Å². The van der Waals surface area contributed by atoms with Gasteiger partial charge in [-0.05, 0) is 50.3 Å². The van der Waals surface area contributed by atoms with Crippen LogP contribution in [0.1, 0.15) is 63.5 Å². The molecule has 0 spiro atoms. The van der Waals surface area contributed by atoms with Gasteiger partial charge in [0, 0.05) is 19.1 Å². The lowest BCUT2D eigenvalue weighted by Crippen LogP contribution is -2.40. The standard InChI is InChI=1S/C24H33N5O3/c1-4-13-28-21-20(22(31)27(5-2)24(28)32)29(15-17-11-12-19(30)16(3)14-17)23(26-21)25-18-9-7-6-8-10-18/h11-12,14,18,30H,4-10,13,15H2,1-3H3,(H,25,26). The molecule has 0 bridgehead atoms. The predicted molar refractivity (Wildman–Crippen MR) is 127 cm³/mol. The highest BCUT2D eigenvalue weighted by molar-refractivity contribution is 5.74. The molecule has 0 aliphatic heterocycles. The van der Waals surface area contributed by atoms with Crippen molar-refractivity contribution in [1.29, 1.82) is 0 Å². The van der Waals surface area contributed by atoms with E-state index >= 15 is 0 Å². The average molecular weight is 440 g/mol. The summed E-state index contributed by atoms with van der Waals surface area (Å²) in [6.07, 6.45) is 6.52. The third-order valence-electron chi connectivity index (χ3n) is 6.42. The summed E-state index contributed by atoms with van der Waals surface area (Å²) >= 11 is 0. The molecule has 8 heteroatoms. The van der Waals surface area contributed by atoms with Crippen LogP contribution in [0.3, 0.4) is 0 Å². The smallest absolute Gasteiger partial charge is 0.332 e. The summed E-state index contributed by atoms with van der Waals surface area (Å²) in [6, 6.07) is 5.76. The maximum Gasteiger partial charge on any atom is 0.332 e. The van der Waals surface area contributed by atoms with Crippen LogP contribution >= 0.6 is 0 Å². The molecule has 2 heterocycles. The van der Waals surface area contributed by atoms with Crippen molar-refractivity contribution in [1.82, 2.24) is 18.7 Å². The summed E-state index contributed by atoms with van der Waals surface area (Å²) in [6.45, 7) is 6.93. The highest BCUT2D eigenvalue weighted by Gasteiger charge is 2.23. The normalized spacial score (nSPS) is 14.8. The number of nitrogens with one attached hydrogen (secondary N) is 1. The van der Waals surface area contributed by atoms with Gasteiger partial charge in [-0.25, -0.2) is 4.79 Å². The molecule has 1 aliphatic rings. The molecular formula is C24H33N5O3. The quantitative estimate of drug-likeness (QED) is 0.587. The summed E-state index contributed by atoms with van der Waals surface area (Å²) in [5.74, 6) is 0.878.